The molecular weight excluding hydrogens is 388 g/mol. The minimum atomic E-state index is -3.10. The Morgan fingerprint density at radius 1 is 1.36 bits per heavy atom. The van der Waals surface area contributed by atoms with Gasteiger partial charge in [-0.3, -0.25) is 0 Å². The van der Waals surface area contributed by atoms with Crippen LogP contribution in [0.3, 0.4) is 0 Å². The molecule has 0 saturated carbocycles. The summed E-state index contributed by atoms with van der Waals surface area (Å²) in [7, 11) is 0. The van der Waals surface area contributed by atoms with Crippen LogP contribution in [0, 0.1) is 16.7 Å². The first-order chi connectivity index (χ1) is 13.2. The normalized spacial score (nSPS) is 19.9. The average molecular weight is 404 g/mol. The molecule has 144 valence electrons. The third-order valence-electron chi connectivity index (χ3n) is 4.84. The van der Waals surface area contributed by atoms with Gasteiger partial charge in [0, 0.05) is 38.5 Å². The zero-order valence-electron chi connectivity index (χ0n) is 15.2. The van der Waals surface area contributed by atoms with Gasteiger partial charge in [0.1, 0.15) is 10.8 Å². The van der Waals surface area contributed by atoms with E-state index < -0.39 is 17.0 Å². The van der Waals surface area contributed by atoms with Gasteiger partial charge >= 0.3 is 0 Å². The summed E-state index contributed by atoms with van der Waals surface area (Å²) in [6.07, 6.45) is 3.55. The molecule has 10 heteroatoms. The van der Waals surface area contributed by atoms with E-state index in [9.17, 15) is 14.0 Å². The Morgan fingerprint density at radius 2 is 2.14 bits per heavy atom. The largest absolute Gasteiger partial charge is 0.353 e. The Bertz CT molecular complexity index is 1100. The summed E-state index contributed by atoms with van der Waals surface area (Å²) in [4.78, 5) is 14.2. The van der Waals surface area contributed by atoms with Gasteiger partial charge < -0.3 is 4.90 Å². The van der Waals surface area contributed by atoms with Crippen LogP contribution in [-0.4, -0.2) is 37.8 Å². The highest BCUT2D eigenvalue weighted by atomic mass is 35.5. The Morgan fingerprint density at radius 3 is 2.82 bits per heavy atom. The fourth-order valence-electron chi connectivity index (χ4n) is 3.28. The first-order valence-electron chi connectivity index (χ1n) is 8.62. The lowest BCUT2D eigenvalue weighted by atomic mass is 9.92. The van der Waals surface area contributed by atoms with Crippen molar-refractivity contribution in [2.75, 3.05) is 18.0 Å². The highest BCUT2D eigenvalue weighted by Gasteiger charge is 2.36. The molecular formula is C18H16ClF2N7. The second-order valence-electron chi connectivity index (χ2n) is 7.23. The van der Waals surface area contributed by atoms with E-state index in [4.69, 9.17) is 11.6 Å². The molecule has 1 aliphatic rings. The first kappa shape index (κ1) is 18.5. The molecule has 4 heterocycles. The number of rotatable bonds is 3. The van der Waals surface area contributed by atoms with Gasteiger partial charge in [-0.25, -0.2) is 15.0 Å². The van der Waals surface area contributed by atoms with Gasteiger partial charge in [0.25, 0.3) is 11.9 Å². The number of nitriles is 1. The quantitative estimate of drug-likeness (QED) is 0.620. The molecule has 0 N–H and O–H groups in total. The van der Waals surface area contributed by atoms with Crippen LogP contribution in [0.1, 0.15) is 26.0 Å². The molecule has 0 radical (unpaired) electrons. The SMILES string of the molecule is CC1(C#N)CCN(c2nn(-c3nccc(C(C)(F)F)n3)c3cc(Cl)ncc23)C1. The van der Waals surface area contributed by atoms with Crippen molar-refractivity contribution in [1.29, 1.82) is 5.26 Å². The van der Waals surface area contributed by atoms with Crippen LogP contribution in [-0.2, 0) is 5.92 Å². The Kier molecular flexibility index (Phi) is 4.19. The highest BCUT2D eigenvalue weighted by molar-refractivity contribution is 6.30. The third-order valence-corrected chi connectivity index (χ3v) is 5.04. The van der Waals surface area contributed by atoms with Crippen molar-refractivity contribution >= 4 is 28.3 Å². The van der Waals surface area contributed by atoms with Crippen molar-refractivity contribution < 1.29 is 8.78 Å². The van der Waals surface area contributed by atoms with Gasteiger partial charge in [-0.05, 0) is 19.4 Å². The van der Waals surface area contributed by atoms with Crippen molar-refractivity contribution in [3.8, 4) is 12.0 Å². The van der Waals surface area contributed by atoms with E-state index in [-0.39, 0.29) is 11.1 Å². The lowest BCUT2D eigenvalue weighted by Crippen LogP contribution is -2.24. The number of fused-ring (bicyclic) bond motifs is 1. The monoisotopic (exact) mass is 403 g/mol. The van der Waals surface area contributed by atoms with Crippen molar-refractivity contribution in [2.24, 2.45) is 5.41 Å². The van der Waals surface area contributed by atoms with E-state index in [2.05, 4.69) is 26.1 Å². The van der Waals surface area contributed by atoms with Crippen LogP contribution in [0.4, 0.5) is 14.6 Å². The predicted octanol–water partition coefficient (Wildman–Crippen LogP) is 3.72. The van der Waals surface area contributed by atoms with Gasteiger partial charge in [0.2, 0.25) is 0 Å². The van der Waals surface area contributed by atoms with Gasteiger partial charge in [0.05, 0.1) is 22.4 Å². The fourth-order valence-corrected chi connectivity index (χ4v) is 3.44. The molecule has 1 saturated heterocycles. The van der Waals surface area contributed by atoms with E-state index in [0.29, 0.717) is 36.2 Å². The van der Waals surface area contributed by atoms with Crippen molar-refractivity contribution in [3.05, 3.63) is 35.4 Å². The van der Waals surface area contributed by atoms with Gasteiger partial charge in [-0.2, -0.15) is 18.7 Å². The predicted molar refractivity (Wildman–Crippen MR) is 99.6 cm³/mol. The molecule has 0 aliphatic carbocycles. The van der Waals surface area contributed by atoms with Crippen molar-refractivity contribution in [1.82, 2.24) is 24.7 Å². The molecule has 0 bridgehead atoms. The topological polar surface area (TPSA) is 83.5 Å². The molecule has 28 heavy (non-hydrogen) atoms. The molecule has 1 aliphatic heterocycles. The number of halogens is 3. The first-order valence-corrected chi connectivity index (χ1v) is 9.00. The lowest BCUT2D eigenvalue weighted by Gasteiger charge is -2.17. The summed E-state index contributed by atoms with van der Waals surface area (Å²) in [5, 5.41) is 14.9. The van der Waals surface area contributed by atoms with E-state index in [1.54, 1.807) is 12.3 Å². The maximum Gasteiger partial charge on any atom is 0.287 e. The minimum Gasteiger partial charge on any atom is -0.353 e. The van der Waals surface area contributed by atoms with Gasteiger partial charge in [0.15, 0.2) is 5.82 Å². The molecule has 0 aromatic carbocycles. The number of aromatic nitrogens is 5. The fraction of sp³-hybridized carbons (Fsp3) is 0.389. The highest BCUT2D eigenvalue weighted by Crippen LogP contribution is 2.36. The van der Waals surface area contributed by atoms with Crippen LogP contribution in [0.25, 0.3) is 16.9 Å². The third kappa shape index (κ3) is 3.14. The Hall–Kier alpha value is -2.86. The molecule has 1 fully saturated rings. The smallest absolute Gasteiger partial charge is 0.287 e. The van der Waals surface area contributed by atoms with E-state index in [1.807, 2.05) is 11.8 Å². The van der Waals surface area contributed by atoms with Gasteiger partial charge in [-0.1, -0.05) is 11.6 Å². The molecule has 3 aromatic heterocycles. The maximum atomic E-state index is 13.7. The number of hydrogen-bond acceptors (Lipinski definition) is 6. The van der Waals surface area contributed by atoms with Crippen LogP contribution >= 0.6 is 11.6 Å². The minimum absolute atomic E-state index is 0.0137. The summed E-state index contributed by atoms with van der Waals surface area (Å²) >= 11 is 6.05. The van der Waals surface area contributed by atoms with Crippen LogP contribution in [0.2, 0.25) is 5.15 Å². The summed E-state index contributed by atoms with van der Waals surface area (Å²) in [6, 6.07) is 5.10. The summed E-state index contributed by atoms with van der Waals surface area (Å²) in [6.45, 7) is 3.83. The number of pyridine rings is 1. The second kappa shape index (κ2) is 6.34. The molecule has 0 spiro atoms. The summed E-state index contributed by atoms with van der Waals surface area (Å²) in [5.74, 6) is -2.50. The van der Waals surface area contributed by atoms with Gasteiger partial charge in [-0.15, -0.1) is 5.10 Å². The number of nitrogens with zero attached hydrogens (tertiary/aromatic N) is 7. The number of anilines is 1. The van der Waals surface area contributed by atoms with E-state index in [0.717, 1.165) is 6.92 Å². The summed E-state index contributed by atoms with van der Waals surface area (Å²) < 4.78 is 28.8. The molecule has 3 aromatic rings. The molecule has 1 atom stereocenters. The van der Waals surface area contributed by atoms with E-state index in [1.165, 1.54) is 16.9 Å². The average Bonchev–Trinajstić information content (AvgIpc) is 3.22. The number of hydrogen-bond donors (Lipinski definition) is 0. The standard InChI is InChI=1S/C18H16ClF2N7/c1-17(9-22)4-6-27(10-17)15-11-8-24-14(19)7-12(11)28(26-15)16-23-5-3-13(25-16)18(2,20)21/h3,5,7-8H,4,6,10H2,1-2H3. The second-order valence-corrected chi connectivity index (χ2v) is 7.62. The lowest BCUT2D eigenvalue weighted by molar-refractivity contribution is 0.0126. The zero-order chi connectivity index (χ0) is 20.1. The molecule has 0 amide bonds. The summed E-state index contributed by atoms with van der Waals surface area (Å²) in [5.41, 5.74) is -0.324. The Balaban J connectivity index is 1.87. The molecule has 4 rings (SSSR count). The zero-order valence-corrected chi connectivity index (χ0v) is 16.0. The Labute approximate surface area is 164 Å². The van der Waals surface area contributed by atoms with E-state index >= 15 is 0 Å². The number of alkyl halides is 2. The molecule has 1 unspecified atom stereocenters. The van der Waals surface area contributed by atoms with Crippen molar-refractivity contribution in [3.63, 3.8) is 0 Å². The van der Waals surface area contributed by atoms with Crippen LogP contribution in [0.5, 0.6) is 0 Å². The maximum absolute atomic E-state index is 13.7. The van der Waals surface area contributed by atoms with Crippen LogP contribution in [0.15, 0.2) is 24.5 Å². The van der Waals surface area contributed by atoms with Crippen molar-refractivity contribution in [2.45, 2.75) is 26.2 Å². The molecule has 7 nitrogen and oxygen atoms in total. The van der Waals surface area contributed by atoms with Crippen LogP contribution < -0.4 is 4.90 Å².